The Morgan fingerprint density at radius 1 is 1.16 bits per heavy atom. The molecule has 0 aromatic heterocycles. The zero-order chi connectivity index (χ0) is 23.1. The molecule has 2 N–H and O–H groups in total. The Balaban J connectivity index is 1.53. The van der Waals surface area contributed by atoms with E-state index in [2.05, 4.69) is 0 Å². The van der Waals surface area contributed by atoms with Gasteiger partial charge in [0.05, 0.1) is 12.3 Å². The molecule has 32 heavy (non-hydrogen) atoms. The number of rotatable bonds is 10. The maximum absolute atomic E-state index is 14.3. The van der Waals surface area contributed by atoms with Crippen molar-refractivity contribution in [3.05, 3.63) is 89.2 Å². The van der Waals surface area contributed by atoms with Gasteiger partial charge in [0.1, 0.15) is 18.2 Å². The van der Waals surface area contributed by atoms with Gasteiger partial charge in [-0.15, -0.1) is 0 Å². The summed E-state index contributed by atoms with van der Waals surface area (Å²) < 4.78 is 39.7. The lowest BCUT2D eigenvalue weighted by Crippen LogP contribution is -2.24. The Morgan fingerprint density at radius 3 is 2.56 bits per heavy atom. The quantitative estimate of drug-likeness (QED) is 0.491. The fourth-order valence-corrected chi connectivity index (χ4v) is 3.20. The van der Waals surface area contributed by atoms with Gasteiger partial charge in [-0.3, -0.25) is 4.79 Å². The number of nitrogens with one attached hydrogen (secondary N) is 1. The summed E-state index contributed by atoms with van der Waals surface area (Å²) in [5.74, 6) is -2.06. The summed E-state index contributed by atoms with van der Waals surface area (Å²) in [4.78, 5) is 10.6. The normalized spacial score (nSPS) is 17.5. The maximum Gasteiger partial charge on any atom is 0.303 e. The Morgan fingerprint density at radius 2 is 1.91 bits per heavy atom. The lowest BCUT2D eigenvalue weighted by molar-refractivity contribution is -0.136. The van der Waals surface area contributed by atoms with Crippen molar-refractivity contribution in [1.29, 1.82) is 5.41 Å². The van der Waals surface area contributed by atoms with Gasteiger partial charge in [-0.05, 0) is 42.2 Å². The molecule has 3 rings (SSSR count). The van der Waals surface area contributed by atoms with Crippen LogP contribution in [0.15, 0.2) is 66.5 Å². The monoisotopic (exact) mass is 441 g/mol. The summed E-state index contributed by atoms with van der Waals surface area (Å²) in [6.45, 7) is 2.20. The molecular weight excluding hydrogens is 416 g/mol. The highest BCUT2D eigenvalue weighted by Crippen LogP contribution is 2.32. The predicted octanol–water partition coefficient (Wildman–Crippen LogP) is 5.30. The molecule has 0 fully saturated rings. The average molecular weight is 441 g/mol. The van der Waals surface area contributed by atoms with Crippen molar-refractivity contribution >= 4 is 11.7 Å². The minimum absolute atomic E-state index is 0.00631. The molecule has 0 amide bonds. The molecule has 0 saturated heterocycles. The Hall–Kier alpha value is -3.48. The van der Waals surface area contributed by atoms with Crippen LogP contribution in [0.2, 0.25) is 0 Å². The van der Waals surface area contributed by atoms with E-state index in [0.717, 1.165) is 17.7 Å². The molecule has 0 radical (unpaired) electrons. The van der Waals surface area contributed by atoms with E-state index in [-0.39, 0.29) is 37.4 Å². The Labute approximate surface area is 185 Å². The fraction of sp³-hybridized carbons (Fsp3) is 0.280. The molecule has 0 bridgehead atoms. The molecule has 1 atom stereocenters. The van der Waals surface area contributed by atoms with Gasteiger partial charge in [0, 0.05) is 17.9 Å². The minimum atomic E-state index is -1.07. The third kappa shape index (κ3) is 6.26. The van der Waals surface area contributed by atoms with Gasteiger partial charge in [-0.1, -0.05) is 43.3 Å². The molecule has 0 aliphatic heterocycles. The van der Waals surface area contributed by atoms with Crippen molar-refractivity contribution in [2.24, 2.45) is 5.41 Å². The first-order chi connectivity index (χ1) is 15.3. The molecule has 1 unspecified atom stereocenters. The Bertz CT molecular complexity index is 1050. The van der Waals surface area contributed by atoms with Gasteiger partial charge in [-0.2, -0.15) is 0 Å². The second-order valence-corrected chi connectivity index (χ2v) is 7.99. The summed E-state index contributed by atoms with van der Waals surface area (Å²) in [7, 11) is 0. The van der Waals surface area contributed by atoms with Crippen LogP contribution in [-0.2, 0) is 16.0 Å². The van der Waals surface area contributed by atoms with Crippen molar-refractivity contribution in [2.45, 2.75) is 26.2 Å². The number of aryl methyl sites for hydroxylation is 1. The maximum atomic E-state index is 14.3. The van der Waals surface area contributed by atoms with Crippen LogP contribution < -0.4 is 4.74 Å². The number of hydrogen-bond acceptors (Lipinski definition) is 4. The lowest BCUT2D eigenvalue weighted by atomic mass is 9.84. The summed E-state index contributed by atoms with van der Waals surface area (Å²) >= 11 is 0. The number of carboxylic acid groups (broad SMARTS) is 1. The van der Waals surface area contributed by atoms with Crippen molar-refractivity contribution in [3.63, 3.8) is 0 Å². The SMILES string of the molecule is CC1(COc2cc(F)c(CCC(=O)O)cc2F)C=CC(OCC(=N)c2ccccc2)=CC1. The molecule has 0 heterocycles. The summed E-state index contributed by atoms with van der Waals surface area (Å²) in [5.41, 5.74) is 0.743. The molecule has 5 nitrogen and oxygen atoms in total. The minimum Gasteiger partial charge on any atom is -0.490 e. The largest absolute Gasteiger partial charge is 0.490 e. The second-order valence-electron chi connectivity index (χ2n) is 7.99. The molecule has 2 aromatic carbocycles. The van der Waals surface area contributed by atoms with Crippen molar-refractivity contribution < 1.29 is 28.2 Å². The van der Waals surface area contributed by atoms with Crippen molar-refractivity contribution in [1.82, 2.24) is 0 Å². The molecule has 7 heteroatoms. The highest BCUT2D eigenvalue weighted by atomic mass is 19.1. The van der Waals surface area contributed by atoms with E-state index in [1.807, 2.05) is 49.4 Å². The van der Waals surface area contributed by atoms with E-state index >= 15 is 0 Å². The van der Waals surface area contributed by atoms with Gasteiger partial charge >= 0.3 is 5.97 Å². The smallest absolute Gasteiger partial charge is 0.303 e. The Kier molecular flexibility index (Phi) is 7.41. The molecule has 168 valence electrons. The number of hydrogen-bond donors (Lipinski definition) is 2. The molecular formula is C25H25F2NO4. The number of benzene rings is 2. The van der Waals surface area contributed by atoms with Crippen LogP contribution in [0.4, 0.5) is 8.78 Å². The van der Waals surface area contributed by atoms with Crippen LogP contribution in [0.3, 0.4) is 0 Å². The summed E-state index contributed by atoms with van der Waals surface area (Å²) in [6.07, 6.45) is 5.77. The van der Waals surface area contributed by atoms with E-state index in [0.29, 0.717) is 17.9 Å². The van der Waals surface area contributed by atoms with Crippen LogP contribution in [0.5, 0.6) is 5.75 Å². The predicted molar refractivity (Wildman–Crippen MR) is 117 cm³/mol. The van der Waals surface area contributed by atoms with Crippen LogP contribution >= 0.6 is 0 Å². The fourth-order valence-electron chi connectivity index (χ4n) is 3.20. The lowest BCUT2D eigenvalue weighted by Gasteiger charge is -2.28. The van der Waals surface area contributed by atoms with Crippen molar-refractivity contribution in [3.8, 4) is 5.75 Å². The average Bonchev–Trinajstić information content (AvgIpc) is 2.78. The third-order valence-corrected chi connectivity index (χ3v) is 5.19. The van der Waals surface area contributed by atoms with E-state index < -0.39 is 23.0 Å². The van der Waals surface area contributed by atoms with E-state index in [9.17, 15) is 13.6 Å². The topological polar surface area (TPSA) is 79.6 Å². The molecule has 0 saturated carbocycles. The van der Waals surface area contributed by atoms with Gasteiger partial charge in [0.25, 0.3) is 0 Å². The standard InChI is InChI=1S/C25H25F2NO4/c1-25(16-32-23-14-20(26)18(13-21(23)27)7-8-24(29)30)11-9-19(10-12-25)31-15-22(28)17-5-3-2-4-6-17/h2-6,9-11,13-14,28H,7-8,12,15-16H2,1H3,(H,29,30). The first-order valence-corrected chi connectivity index (χ1v) is 10.2. The molecule has 1 aliphatic carbocycles. The van der Waals surface area contributed by atoms with E-state index in [4.69, 9.17) is 20.0 Å². The first-order valence-electron chi connectivity index (χ1n) is 10.2. The number of carbonyl (C=O) groups is 1. The number of allylic oxidation sites excluding steroid dienone is 2. The van der Waals surface area contributed by atoms with Gasteiger partial charge in [-0.25, -0.2) is 8.78 Å². The highest BCUT2D eigenvalue weighted by molar-refractivity contribution is 5.99. The molecule has 1 aliphatic rings. The van der Waals surface area contributed by atoms with Gasteiger partial charge in [0.15, 0.2) is 11.6 Å². The van der Waals surface area contributed by atoms with E-state index in [1.54, 1.807) is 6.08 Å². The zero-order valence-corrected chi connectivity index (χ0v) is 17.7. The molecule has 2 aromatic rings. The summed E-state index contributed by atoms with van der Waals surface area (Å²) in [6, 6.07) is 11.3. The number of aliphatic carboxylic acids is 1. The second kappa shape index (κ2) is 10.2. The van der Waals surface area contributed by atoms with Crippen molar-refractivity contribution in [2.75, 3.05) is 13.2 Å². The van der Waals surface area contributed by atoms with Gasteiger partial charge < -0.3 is 20.0 Å². The van der Waals surface area contributed by atoms with Gasteiger partial charge in [0.2, 0.25) is 0 Å². The first kappa shape index (κ1) is 23.2. The number of halogens is 2. The van der Waals surface area contributed by atoms with Crippen LogP contribution in [0.1, 0.15) is 30.9 Å². The van der Waals surface area contributed by atoms with Crippen LogP contribution in [0.25, 0.3) is 0 Å². The van der Waals surface area contributed by atoms with Crippen LogP contribution in [-0.4, -0.2) is 30.0 Å². The summed E-state index contributed by atoms with van der Waals surface area (Å²) in [5, 5.41) is 16.8. The zero-order valence-electron chi connectivity index (χ0n) is 17.7. The van der Waals surface area contributed by atoms with Crippen LogP contribution in [0, 0.1) is 22.5 Å². The number of ether oxygens (including phenoxy) is 2. The number of carboxylic acids is 1. The highest BCUT2D eigenvalue weighted by Gasteiger charge is 2.25. The van der Waals surface area contributed by atoms with E-state index in [1.165, 1.54) is 0 Å². The third-order valence-electron chi connectivity index (χ3n) is 5.19. The molecule has 0 spiro atoms.